The Morgan fingerprint density at radius 1 is 1.15 bits per heavy atom. The fraction of sp³-hybridized carbons (Fsp3) is 0.429. The number of primary amides is 1. The van der Waals surface area contributed by atoms with Crippen LogP contribution in [-0.2, 0) is 4.79 Å². The molecule has 0 saturated carbocycles. The molecule has 1 saturated heterocycles. The number of nitrogens with zero attached hydrogens (tertiary/aromatic N) is 2. The monoisotopic (exact) mass is 339 g/mol. The Morgan fingerprint density at radius 3 is 2.20 bits per heavy atom. The van der Waals surface area contributed by atoms with Crippen LogP contribution >= 0.6 is 15.9 Å². The Bertz CT molecular complexity index is 496. The van der Waals surface area contributed by atoms with Gasteiger partial charge in [0.25, 0.3) is 5.91 Å². The van der Waals surface area contributed by atoms with E-state index in [0.29, 0.717) is 31.7 Å². The van der Waals surface area contributed by atoms with E-state index in [1.165, 1.54) is 0 Å². The van der Waals surface area contributed by atoms with Gasteiger partial charge in [0.05, 0.1) is 6.04 Å². The maximum Gasteiger partial charge on any atom is 0.253 e. The van der Waals surface area contributed by atoms with Gasteiger partial charge in [-0.05, 0) is 31.2 Å². The van der Waals surface area contributed by atoms with Crippen LogP contribution in [0.2, 0.25) is 0 Å². The molecule has 1 aliphatic heterocycles. The van der Waals surface area contributed by atoms with Gasteiger partial charge in [0, 0.05) is 36.2 Å². The molecule has 1 aromatic rings. The molecule has 0 bridgehead atoms. The lowest BCUT2D eigenvalue weighted by Crippen LogP contribution is -2.54. The normalized spacial score (nSPS) is 17.8. The largest absolute Gasteiger partial charge is 0.368 e. The molecule has 1 aliphatic rings. The summed E-state index contributed by atoms with van der Waals surface area (Å²) in [6.45, 7) is 4.38. The Hall–Kier alpha value is -1.40. The van der Waals surface area contributed by atoms with Crippen LogP contribution in [0, 0.1) is 0 Å². The molecule has 0 spiro atoms. The van der Waals surface area contributed by atoms with E-state index in [2.05, 4.69) is 15.9 Å². The summed E-state index contributed by atoms with van der Waals surface area (Å²) in [6.07, 6.45) is 0. The second-order valence-corrected chi connectivity index (χ2v) is 5.83. The highest BCUT2D eigenvalue weighted by Gasteiger charge is 2.26. The summed E-state index contributed by atoms with van der Waals surface area (Å²) < 4.78 is 0.953. The van der Waals surface area contributed by atoms with Gasteiger partial charge in [0.1, 0.15) is 0 Å². The van der Waals surface area contributed by atoms with Crippen LogP contribution in [0.25, 0.3) is 0 Å². The number of halogens is 1. The fourth-order valence-corrected chi connectivity index (χ4v) is 2.53. The minimum Gasteiger partial charge on any atom is -0.368 e. The van der Waals surface area contributed by atoms with Crippen molar-refractivity contribution in [2.24, 2.45) is 5.73 Å². The summed E-state index contributed by atoms with van der Waals surface area (Å²) in [5.41, 5.74) is 5.99. The lowest BCUT2D eigenvalue weighted by molar-refractivity contribution is -0.123. The molecule has 1 heterocycles. The third kappa shape index (κ3) is 3.37. The number of amides is 2. The first-order chi connectivity index (χ1) is 9.49. The van der Waals surface area contributed by atoms with E-state index in [1.54, 1.807) is 6.92 Å². The van der Waals surface area contributed by atoms with Gasteiger partial charge in [-0.15, -0.1) is 0 Å². The maximum atomic E-state index is 12.3. The van der Waals surface area contributed by atoms with Crippen LogP contribution in [-0.4, -0.2) is 53.8 Å². The number of carbonyl (C=O) groups excluding carboxylic acids is 2. The third-order valence-corrected chi connectivity index (χ3v) is 4.18. The molecule has 0 unspecified atom stereocenters. The predicted molar refractivity (Wildman–Crippen MR) is 80.3 cm³/mol. The summed E-state index contributed by atoms with van der Waals surface area (Å²) >= 11 is 3.35. The lowest BCUT2D eigenvalue weighted by atomic mass is 10.1. The molecule has 1 atom stereocenters. The molecular formula is C14H18BrN3O2. The predicted octanol–water partition coefficient (Wildman–Crippen LogP) is 1.08. The summed E-state index contributed by atoms with van der Waals surface area (Å²) in [5, 5.41) is 0. The Balaban J connectivity index is 1.95. The summed E-state index contributed by atoms with van der Waals surface area (Å²) in [7, 11) is 0. The summed E-state index contributed by atoms with van der Waals surface area (Å²) in [5.74, 6) is -0.290. The average molecular weight is 340 g/mol. The van der Waals surface area contributed by atoms with Gasteiger partial charge in [-0.3, -0.25) is 14.5 Å². The molecular weight excluding hydrogens is 322 g/mol. The summed E-state index contributed by atoms with van der Waals surface area (Å²) in [4.78, 5) is 27.3. The first kappa shape index (κ1) is 15.0. The van der Waals surface area contributed by atoms with Crippen molar-refractivity contribution in [2.75, 3.05) is 26.2 Å². The van der Waals surface area contributed by atoms with Crippen LogP contribution in [0.15, 0.2) is 28.7 Å². The second-order valence-electron chi connectivity index (χ2n) is 4.91. The van der Waals surface area contributed by atoms with E-state index in [-0.39, 0.29) is 17.9 Å². The molecule has 20 heavy (non-hydrogen) atoms. The van der Waals surface area contributed by atoms with Crippen LogP contribution in [0.4, 0.5) is 0 Å². The minimum atomic E-state index is -0.322. The van der Waals surface area contributed by atoms with Crippen molar-refractivity contribution in [3.63, 3.8) is 0 Å². The fourth-order valence-electron chi connectivity index (χ4n) is 2.27. The van der Waals surface area contributed by atoms with Crippen molar-refractivity contribution in [1.82, 2.24) is 9.80 Å². The molecule has 1 fully saturated rings. The number of hydrogen-bond donors (Lipinski definition) is 1. The molecule has 108 valence electrons. The number of carbonyl (C=O) groups is 2. The van der Waals surface area contributed by atoms with Gasteiger partial charge >= 0.3 is 0 Å². The van der Waals surface area contributed by atoms with E-state index in [0.717, 1.165) is 4.47 Å². The van der Waals surface area contributed by atoms with E-state index >= 15 is 0 Å². The maximum absolute atomic E-state index is 12.3. The van der Waals surface area contributed by atoms with Crippen molar-refractivity contribution in [3.05, 3.63) is 34.3 Å². The molecule has 2 amide bonds. The van der Waals surface area contributed by atoms with E-state index in [4.69, 9.17) is 5.73 Å². The van der Waals surface area contributed by atoms with E-state index in [1.807, 2.05) is 34.1 Å². The Labute approximate surface area is 126 Å². The van der Waals surface area contributed by atoms with Gasteiger partial charge in [-0.2, -0.15) is 0 Å². The zero-order valence-electron chi connectivity index (χ0n) is 11.4. The molecule has 2 N–H and O–H groups in total. The van der Waals surface area contributed by atoms with Gasteiger partial charge in [0.15, 0.2) is 0 Å². The SMILES string of the molecule is C[C@H](C(N)=O)N1CCN(C(=O)c2ccc(Br)cc2)CC1. The Morgan fingerprint density at radius 2 is 1.70 bits per heavy atom. The van der Waals surface area contributed by atoms with Crippen LogP contribution in [0.5, 0.6) is 0 Å². The third-order valence-electron chi connectivity index (χ3n) is 3.65. The van der Waals surface area contributed by atoms with Crippen molar-refractivity contribution in [3.8, 4) is 0 Å². The lowest BCUT2D eigenvalue weighted by Gasteiger charge is -2.37. The van der Waals surface area contributed by atoms with Crippen molar-refractivity contribution in [1.29, 1.82) is 0 Å². The van der Waals surface area contributed by atoms with Crippen LogP contribution < -0.4 is 5.73 Å². The highest BCUT2D eigenvalue weighted by molar-refractivity contribution is 9.10. The number of rotatable bonds is 3. The number of hydrogen-bond acceptors (Lipinski definition) is 3. The molecule has 0 aromatic heterocycles. The second kappa shape index (κ2) is 6.37. The van der Waals surface area contributed by atoms with Crippen molar-refractivity contribution in [2.45, 2.75) is 13.0 Å². The molecule has 2 rings (SSSR count). The highest BCUT2D eigenvalue weighted by atomic mass is 79.9. The quantitative estimate of drug-likeness (QED) is 0.896. The molecule has 5 nitrogen and oxygen atoms in total. The van der Waals surface area contributed by atoms with Gasteiger partial charge in [0.2, 0.25) is 5.91 Å². The van der Waals surface area contributed by atoms with E-state index in [9.17, 15) is 9.59 Å². The summed E-state index contributed by atoms with van der Waals surface area (Å²) in [6, 6.07) is 7.06. The van der Waals surface area contributed by atoms with Crippen LogP contribution in [0.1, 0.15) is 17.3 Å². The molecule has 0 radical (unpaired) electrons. The minimum absolute atomic E-state index is 0.0314. The zero-order chi connectivity index (χ0) is 14.7. The average Bonchev–Trinajstić information content (AvgIpc) is 2.46. The smallest absolute Gasteiger partial charge is 0.253 e. The molecule has 1 aromatic carbocycles. The molecule has 0 aliphatic carbocycles. The van der Waals surface area contributed by atoms with Crippen molar-refractivity contribution >= 4 is 27.7 Å². The van der Waals surface area contributed by atoms with Crippen molar-refractivity contribution < 1.29 is 9.59 Å². The number of nitrogens with two attached hydrogens (primary N) is 1. The Kier molecular flexibility index (Phi) is 4.77. The van der Waals surface area contributed by atoms with E-state index < -0.39 is 0 Å². The number of benzene rings is 1. The first-order valence-corrected chi connectivity index (χ1v) is 7.36. The first-order valence-electron chi connectivity index (χ1n) is 6.57. The highest BCUT2D eigenvalue weighted by Crippen LogP contribution is 2.14. The number of piperazine rings is 1. The zero-order valence-corrected chi connectivity index (χ0v) is 13.0. The van der Waals surface area contributed by atoms with Gasteiger partial charge in [-0.25, -0.2) is 0 Å². The standard InChI is InChI=1S/C14H18BrN3O2/c1-10(13(16)19)17-6-8-18(9-7-17)14(20)11-2-4-12(15)5-3-11/h2-5,10H,6-9H2,1H3,(H2,16,19)/t10-/m1/s1. The van der Waals surface area contributed by atoms with Crippen LogP contribution in [0.3, 0.4) is 0 Å². The van der Waals surface area contributed by atoms with Gasteiger partial charge < -0.3 is 10.6 Å². The topological polar surface area (TPSA) is 66.6 Å². The van der Waals surface area contributed by atoms with Gasteiger partial charge in [-0.1, -0.05) is 15.9 Å². The molecule has 6 heteroatoms.